The molecule has 18 heavy (non-hydrogen) atoms. The van der Waals surface area contributed by atoms with Gasteiger partial charge in [-0.3, -0.25) is 0 Å². The molecule has 1 rings (SSSR count). The van der Waals surface area contributed by atoms with Crippen LogP contribution in [0, 0.1) is 0 Å². The Bertz CT molecular complexity index is 396. The standard InChI is InChI=1S/C11H15F3N2OS/c1-10(17,7-18-2)6-15-9-5-3-4-8(16-9)11(12,13)14/h3-5,17H,6-7H2,1-2H3,(H,15,16). The second-order valence-electron chi connectivity index (χ2n) is 4.19. The number of hydrogen-bond acceptors (Lipinski definition) is 4. The van der Waals surface area contributed by atoms with Crippen molar-refractivity contribution in [2.45, 2.75) is 18.7 Å². The summed E-state index contributed by atoms with van der Waals surface area (Å²) in [6.07, 6.45) is -2.61. The smallest absolute Gasteiger partial charge is 0.387 e. The molecule has 1 unspecified atom stereocenters. The van der Waals surface area contributed by atoms with Gasteiger partial charge in [-0.2, -0.15) is 24.9 Å². The van der Waals surface area contributed by atoms with E-state index in [0.29, 0.717) is 5.75 Å². The lowest BCUT2D eigenvalue weighted by atomic mass is 10.1. The third-order valence-corrected chi connectivity index (χ3v) is 3.06. The number of anilines is 1. The molecule has 0 saturated carbocycles. The van der Waals surface area contributed by atoms with Gasteiger partial charge < -0.3 is 10.4 Å². The number of alkyl halides is 3. The molecule has 1 heterocycles. The van der Waals surface area contributed by atoms with Gasteiger partial charge >= 0.3 is 6.18 Å². The minimum atomic E-state index is -4.46. The van der Waals surface area contributed by atoms with Crippen molar-refractivity contribution < 1.29 is 18.3 Å². The fourth-order valence-electron chi connectivity index (χ4n) is 1.33. The molecule has 3 nitrogen and oxygen atoms in total. The van der Waals surface area contributed by atoms with Crippen LogP contribution in [0.5, 0.6) is 0 Å². The van der Waals surface area contributed by atoms with E-state index in [1.165, 1.54) is 23.9 Å². The molecule has 102 valence electrons. The van der Waals surface area contributed by atoms with Crippen LogP contribution in [0.15, 0.2) is 18.2 Å². The van der Waals surface area contributed by atoms with Gasteiger partial charge in [0.2, 0.25) is 0 Å². The number of thioether (sulfide) groups is 1. The molecule has 1 aromatic heterocycles. The van der Waals surface area contributed by atoms with E-state index >= 15 is 0 Å². The van der Waals surface area contributed by atoms with Crippen LogP contribution in [0.3, 0.4) is 0 Å². The predicted molar refractivity (Wildman–Crippen MR) is 66.7 cm³/mol. The molecule has 0 aliphatic rings. The second-order valence-corrected chi connectivity index (χ2v) is 5.06. The highest BCUT2D eigenvalue weighted by Crippen LogP contribution is 2.28. The van der Waals surface area contributed by atoms with Crippen molar-refractivity contribution in [3.8, 4) is 0 Å². The summed E-state index contributed by atoms with van der Waals surface area (Å²) in [5.74, 6) is 0.588. The molecule has 1 aromatic rings. The maximum absolute atomic E-state index is 12.4. The lowest BCUT2D eigenvalue weighted by Crippen LogP contribution is -2.36. The lowest BCUT2D eigenvalue weighted by molar-refractivity contribution is -0.141. The van der Waals surface area contributed by atoms with Crippen LogP contribution in [-0.2, 0) is 6.18 Å². The Hall–Kier alpha value is -0.950. The second kappa shape index (κ2) is 5.79. The third kappa shape index (κ3) is 4.73. The summed E-state index contributed by atoms with van der Waals surface area (Å²) in [5, 5.41) is 12.6. The summed E-state index contributed by atoms with van der Waals surface area (Å²) in [6.45, 7) is 1.76. The van der Waals surface area contributed by atoms with Gasteiger partial charge in [0.25, 0.3) is 0 Å². The van der Waals surface area contributed by atoms with Crippen LogP contribution in [-0.4, -0.2) is 34.2 Å². The largest absolute Gasteiger partial charge is 0.433 e. The van der Waals surface area contributed by atoms with Gasteiger partial charge in [-0.1, -0.05) is 6.07 Å². The molecule has 2 N–H and O–H groups in total. The first kappa shape index (κ1) is 15.1. The van der Waals surface area contributed by atoms with Crippen LogP contribution in [0.25, 0.3) is 0 Å². The van der Waals surface area contributed by atoms with Crippen molar-refractivity contribution in [2.24, 2.45) is 0 Å². The van der Waals surface area contributed by atoms with Gasteiger partial charge in [0.1, 0.15) is 11.5 Å². The van der Waals surface area contributed by atoms with Crippen molar-refractivity contribution in [1.82, 2.24) is 4.98 Å². The summed E-state index contributed by atoms with van der Waals surface area (Å²) >= 11 is 1.46. The van der Waals surface area contributed by atoms with Crippen LogP contribution < -0.4 is 5.32 Å². The van der Waals surface area contributed by atoms with E-state index in [9.17, 15) is 18.3 Å². The molecule has 0 amide bonds. The average molecular weight is 280 g/mol. The average Bonchev–Trinajstić information content (AvgIpc) is 2.26. The molecule has 0 aliphatic carbocycles. The fourth-order valence-corrected chi connectivity index (χ4v) is 2.06. The highest BCUT2D eigenvalue weighted by atomic mass is 32.2. The third-order valence-electron chi connectivity index (χ3n) is 2.15. The number of nitrogens with one attached hydrogen (secondary N) is 1. The Labute approximate surface area is 108 Å². The molecule has 0 radical (unpaired) electrons. The van der Waals surface area contributed by atoms with Gasteiger partial charge in [-0.15, -0.1) is 0 Å². The lowest BCUT2D eigenvalue weighted by Gasteiger charge is -2.23. The van der Waals surface area contributed by atoms with Gasteiger partial charge in [0.05, 0.1) is 5.60 Å². The number of pyridine rings is 1. The number of nitrogens with zero attached hydrogens (tertiary/aromatic N) is 1. The van der Waals surface area contributed by atoms with Crippen molar-refractivity contribution in [1.29, 1.82) is 0 Å². The van der Waals surface area contributed by atoms with Gasteiger partial charge in [-0.25, -0.2) is 4.98 Å². The van der Waals surface area contributed by atoms with Crippen LogP contribution >= 0.6 is 11.8 Å². The van der Waals surface area contributed by atoms with E-state index < -0.39 is 17.5 Å². The highest BCUT2D eigenvalue weighted by Gasteiger charge is 2.32. The summed E-state index contributed by atoms with van der Waals surface area (Å²) in [6, 6.07) is 3.62. The first-order chi connectivity index (χ1) is 8.24. The van der Waals surface area contributed by atoms with Gasteiger partial charge in [0, 0.05) is 12.3 Å². The van der Waals surface area contributed by atoms with Crippen molar-refractivity contribution >= 4 is 17.6 Å². The number of aliphatic hydroxyl groups is 1. The van der Waals surface area contributed by atoms with E-state index in [1.807, 2.05) is 6.26 Å². The van der Waals surface area contributed by atoms with E-state index in [0.717, 1.165) is 6.07 Å². The normalized spacial score (nSPS) is 15.2. The van der Waals surface area contributed by atoms with Crippen LogP contribution in [0.4, 0.5) is 19.0 Å². The van der Waals surface area contributed by atoms with Crippen molar-refractivity contribution in [3.63, 3.8) is 0 Å². The monoisotopic (exact) mass is 280 g/mol. The number of hydrogen-bond donors (Lipinski definition) is 2. The van der Waals surface area contributed by atoms with Gasteiger partial charge in [-0.05, 0) is 25.3 Å². The molecule has 1 atom stereocenters. The van der Waals surface area contributed by atoms with E-state index in [-0.39, 0.29) is 12.4 Å². The molecular weight excluding hydrogens is 265 g/mol. The van der Waals surface area contributed by atoms with Crippen LogP contribution in [0.2, 0.25) is 0 Å². The molecule has 0 saturated heterocycles. The quantitative estimate of drug-likeness (QED) is 0.870. The van der Waals surface area contributed by atoms with Crippen LogP contribution in [0.1, 0.15) is 12.6 Å². The Morgan fingerprint density at radius 1 is 1.39 bits per heavy atom. The zero-order chi connectivity index (χ0) is 13.8. The zero-order valence-corrected chi connectivity index (χ0v) is 10.9. The maximum atomic E-state index is 12.4. The minimum absolute atomic E-state index is 0.103. The Morgan fingerprint density at radius 3 is 2.61 bits per heavy atom. The summed E-state index contributed by atoms with van der Waals surface area (Å²) in [7, 11) is 0. The fraction of sp³-hybridized carbons (Fsp3) is 0.545. The first-order valence-electron chi connectivity index (χ1n) is 5.24. The Morgan fingerprint density at radius 2 is 2.06 bits per heavy atom. The summed E-state index contributed by atoms with van der Waals surface area (Å²) < 4.78 is 37.3. The van der Waals surface area contributed by atoms with E-state index in [4.69, 9.17) is 0 Å². The van der Waals surface area contributed by atoms with Gasteiger partial charge in [0.15, 0.2) is 0 Å². The topological polar surface area (TPSA) is 45.1 Å². The Kier molecular flexibility index (Phi) is 4.86. The molecular formula is C11H15F3N2OS. The number of rotatable bonds is 5. The zero-order valence-electron chi connectivity index (χ0n) is 10.1. The first-order valence-corrected chi connectivity index (χ1v) is 6.63. The summed E-state index contributed by atoms with van der Waals surface area (Å²) in [4.78, 5) is 3.45. The molecule has 0 aliphatic heterocycles. The number of aromatic nitrogens is 1. The maximum Gasteiger partial charge on any atom is 0.433 e. The predicted octanol–water partition coefficient (Wildman–Crippen LogP) is 2.63. The molecule has 0 fully saturated rings. The SMILES string of the molecule is CSCC(C)(O)CNc1cccc(C(F)(F)F)n1. The number of halogens is 3. The highest BCUT2D eigenvalue weighted by molar-refractivity contribution is 7.98. The summed E-state index contributed by atoms with van der Waals surface area (Å²) in [5.41, 5.74) is -1.94. The molecule has 7 heteroatoms. The molecule has 0 bridgehead atoms. The molecule has 0 aromatic carbocycles. The Balaban J connectivity index is 2.69. The minimum Gasteiger partial charge on any atom is -0.387 e. The van der Waals surface area contributed by atoms with E-state index in [2.05, 4.69) is 10.3 Å². The van der Waals surface area contributed by atoms with E-state index in [1.54, 1.807) is 6.92 Å². The van der Waals surface area contributed by atoms with Crippen molar-refractivity contribution in [2.75, 3.05) is 23.9 Å². The van der Waals surface area contributed by atoms with Crippen molar-refractivity contribution in [3.05, 3.63) is 23.9 Å². The molecule has 0 spiro atoms.